The number of hydrogen-bond donors (Lipinski definition) is 1. The lowest BCUT2D eigenvalue weighted by atomic mass is 10.4. The van der Waals surface area contributed by atoms with Crippen LogP contribution in [0.25, 0.3) is 0 Å². The van der Waals surface area contributed by atoms with Gasteiger partial charge in [-0.1, -0.05) is 22.6 Å². The second-order valence-electron chi connectivity index (χ2n) is 3.56. The third kappa shape index (κ3) is 5.12. The molecular weight excluding hydrogens is 333 g/mol. The van der Waals surface area contributed by atoms with Gasteiger partial charge in [0.2, 0.25) is 10.0 Å². The summed E-state index contributed by atoms with van der Waals surface area (Å²) in [4.78, 5) is 11.0. The fourth-order valence-corrected chi connectivity index (χ4v) is 3.33. The Hall–Kier alpha value is 0.110. The van der Waals surface area contributed by atoms with Gasteiger partial charge < -0.3 is 4.74 Å². The number of rotatable bonds is 6. The van der Waals surface area contributed by atoms with E-state index in [1.165, 1.54) is 7.11 Å². The van der Waals surface area contributed by atoms with Crippen molar-refractivity contribution in [1.29, 1.82) is 0 Å². The third-order valence-electron chi connectivity index (χ3n) is 2.09. The monoisotopic (exact) mass is 347 g/mol. The zero-order valence-electron chi connectivity index (χ0n) is 8.40. The summed E-state index contributed by atoms with van der Waals surface area (Å²) in [6, 6.07) is 0. The molecule has 0 bridgehead atoms. The molecule has 1 aliphatic rings. The molecule has 1 N–H and O–H groups in total. The lowest BCUT2D eigenvalue weighted by Gasteiger charge is -2.09. The van der Waals surface area contributed by atoms with Crippen molar-refractivity contribution < 1.29 is 17.9 Å². The molecule has 7 heteroatoms. The first-order valence-electron chi connectivity index (χ1n) is 4.64. The van der Waals surface area contributed by atoms with Gasteiger partial charge in [-0.3, -0.25) is 4.79 Å². The average Bonchev–Trinajstić information content (AvgIpc) is 2.96. The van der Waals surface area contributed by atoms with Crippen LogP contribution >= 0.6 is 22.6 Å². The molecule has 0 aliphatic heterocycles. The molecule has 0 aromatic heterocycles. The number of carbonyl (C=O) groups is 1. The smallest absolute Gasteiger partial charge is 0.319 e. The molecule has 1 unspecified atom stereocenters. The zero-order chi connectivity index (χ0) is 11.5. The number of sulfonamides is 1. The molecule has 0 radical (unpaired) electrons. The first-order valence-corrected chi connectivity index (χ1v) is 7.53. The van der Waals surface area contributed by atoms with Crippen molar-refractivity contribution in [2.75, 3.05) is 19.4 Å². The Kier molecular flexibility index (Phi) is 4.78. The van der Waals surface area contributed by atoms with Crippen LogP contribution in [0, 0.1) is 5.92 Å². The Balaban J connectivity index is 2.31. The second-order valence-corrected chi connectivity index (χ2v) is 6.92. The van der Waals surface area contributed by atoms with Crippen molar-refractivity contribution in [3.8, 4) is 0 Å². The number of hydrogen-bond acceptors (Lipinski definition) is 4. The van der Waals surface area contributed by atoms with E-state index in [1.54, 1.807) is 0 Å². The van der Waals surface area contributed by atoms with E-state index in [2.05, 4.69) is 9.46 Å². The largest absolute Gasteiger partial charge is 0.468 e. The predicted octanol–water partition coefficient (Wildman–Crippen LogP) is 0.292. The van der Waals surface area contributed by atoms with Crippen LogP contribution in [0.1, 0.15) is 12.8 Å². The predicted molar refractivity (Wildman–Crippen MR) is 64.3 cm³/mol. The molecule has 0 saturated heterocycles. The van der Waals surface area contributed by atoms with Crippen LogP contribution in [-0.2, 0) is 19.6 Å². The fourth-order valence-electron chi connectivity index (χ4n) is 1.07. The van der Waals surface area contributed by atoms with E-state index < -0.39 is 19.9 Å². The molecule has 0 spiro atoms. The molecule has 0 heterocycles. The van der Waals surface area contributed by atoms with Crippen molar-refractivity contribution in [2.24, 2.45) is 5.92 Å². The van der Waals surface area contributed by atoms with E-state index >= 15 is 0 Å². The van der Waals surface area contributed by atoms with Gasteiger partial charge in [0.1, 0.15) is 3.92 Å². The minimum absolute atomic E-state index is 0.0995. The molecule has 1 aliphatic carbocycles. The zero-order valence-corrected chi connectivity index (χ0v) is 11.4. The van der Waals surface area contributed by atoms with E-state index in [9.17, 15) is 13.2 Å². The molecule has 1 atom stereocenters. The van der Waals surface area contributed by atoms with Crippen molar-refractivity contribution in [3.05, 3.63) is 0 Å². The van der Waals surface area contributed by atoms with E-state index in [0.29, 0.717) is 5.92 Å². The molecule has 15 heavy (non-hydrogen) atoms. The van der Waals surface area contributed by atoms with Gasteiger partial charge in [-0.2, -0.15) is 0 Å². The summed E-state index contributed by atoms with van der Waals surface area (Å²) >= 11 is 1.86. The fraction of sp³-hybridized carbons (Fsp3) is 0.875. The average molecular weight is 347 g/mol. The van der Waals surface area contributed by atoms with Gasteiger partial charge in [0.15, 0.2) is 0 Å². The Bertz CT molecular complexity index is 326. The van der Waals surface area contributed by atoms with E-state index in [-0.39, 0.29) is 12.3 Å². The first-order chi connectivity index (χ1) is 6.94. The van der Waals surface area contributed by atoms with Gasteiger partial charge in [0.25, 0.3) is 0 Å². The van der Waals surface area contributed by atoms with E-state index in [4.69, 9.17) is 0 Å². The number of methoxy groups -OCH3 is 1. The molecule has 88 valence electrons. The quantitative estimate of drug-likeness (QED) is 0.426. The number of nitrogens with one attached hydrogen (secondary N) is 1. The molecule has 0 aromatic carbocycles. The molecule has 1 rings (SSSR count). The van der Waals surface area contributed by atoms with Crippen molar-refractivity contribution >= 4 is 38.6 Å². The van der Waals surface area contributed by atoms with Crippen LogP contribution in [0.5, 0.6) is 0 Å². The summed E-state index contributed by atoms with van der Waals surface area (Å²) in [6.07, 6.45) is 1.98. The molecular formula is C8H14INO4S. The summed E-state index contributed by atoms with van der Waals surface area (Å²) in [5.74, 6) is 0.0790. The summed E-state index contributed by atoms with van der Waals surface area (Å²) in [5.41, 5.74) is 0. The Labute approximate surface area is 103 Å². The summed E-state index contributed by atoms with van der Waals surface area (Å²) in [7, 11) is -1.93. The van der Waals surface area contributed by atoms with Gasteiger partial charge in [-0.15, -0.1) is 0 Å². The highest BCUT2D eigenvalue weighted by Gasteiger charge is 2.28. The van der Waals surface area contributed by atoms with Gasteiger partial charge in [0, 0.05) is 6.54 Å². The first kappa shape index (κ1) is 13.2. The maximum Gasteiger partial charge on any atom is 0.319 e. The highest BCUT2D eigenvalue weighted by atomic mass is 127. The lowest BCUT2D eigenvalue weighted by molar-refractivity contribution is -0.139. The number of halogens is 1. The van der Waals surface area contributed by atoms with Crippen LogP contribution in [0.2, 0.25) is 0 Å². The molecule has 0 amide bonds. The minimum atomic E-state index is -3.22. The van der Waals surface area contributed by atoms with Gasteiger partial charge in [-0.05, 0) is 18.8 Å². The normalized spacial score (nSPS) is 18.5. The Morgan fingerprint density at radius 2 is 2.20 bits per heavy atom. The van der Waals surface area contributed by atoms with Gasteiger partial charge in [0.05, 0.1) is 12.9 Å². The topological polar surface area (TPSA) is 72.5 Å². The Morgan fingerprint density at radius 1 is 1.60 bits per heavy atom. The van der Waals surface area contributed by atoms with Crippen molar-refractivity contribution in [2.45, 2.75) is 16.8 Å². The van der Waals surface area contributed by atoms with Crippen LogP contribution in [0.3, 0.4) is 0 Å². The van der Waals surface area contributed by atoms with Gasteiger partial charge in [-0.25, -0.2) is 13.1 Å². The number of esters is 1. The highest BCUT2D eigenvalue weighted by Crippen LogP contribution is 2.29. The lowest BCUT2D eigenvalue weighted by Crippen LogP contribution is -2.35. The van der Waals surface area contributed by atoms with Crippen LogP contribution in [-0.4, -0.2) is 37.7 Å². The number of ether oxygens (including phenoxy) is 1. The standard InChI is InChI=1S/C8H14INO4S/c1-14-8(11)7(9)4-10-15(12,13)5-6-2-3-6/h6-7,10H,2-5H2,1H3. The van der Waals surface area contributed by atoms with E-state index in [0.717, 1.165) is 12.8 Å². The third-order valence-corrected chi connectivity index (χ3v) is 4.56. The Morgan fingerprint density at radius 3 is 2.67 bits per heavy atom. The van der Waals surface area contributed by atoms with Crippen molar-refractivity contribution in [3.63, 3.8) is 0 Å². The SMILES string of the molecule is COC(=O)C(I)CNS(=O)(=O)CC1CC1. The molecule has 1 saturated carbocycles. The molecule has 0 aromatic rings. The van der Waals surface area contributed by atoms with Crippen molar-refractivity contribution in [1.82, 2.24) is 4.72 Å². The van der Waals surface area contributed by atoms with E-state index in [1.807, 2.05) is 22.6 Å². The number of carbonyl (C=O) groups excluding carboxylic acids is 1. The molecule has 5 nitrogen and oxygen atoms in total. The summed E-state index contributed by atoms with van der Waals surface area (Å²) in [5, 5.41) is 0. The second kappa shape index (κ2) is 5.44. The summed E-state index contributed by atoms with van der Waals surface area (Å²) < 4.78 is 29.3. The van der Waals surface area contributed by atoms with Crippen LogP contribution < -0.4 is 4.72 Å². The maximum atomic E-state index is 11.4. The summed E-state index contributed by atoms with van der Waals surface area (Å²) in [6.45, 7) is 0.0995. The number of alkyl halides is 1. The highest BCUT2D eigenvalue weighted by molar-refractivity contribution is 14.1. The minimum Gasteiger partial charge on any atom is -0.468 e. The van der Waals surface area contributed by atoms with Crippen LogP contribution in [0.15, 0.2) is 0 Å². The maximum absolute atomic E-state index is 11.4. The van der Waals surface area contributed by atoms with Crippen LogP contribution in [0.4, 0.5) is 0 Å². The van der Waals surface area contributed by atoms with Gasteiger partial charge >= 0.3 is 5.97 Å². The molecule has 1 fully saturated rings.